The van der Waals surface area contributed by atoms with Gasteiger partial charge in [-0.2, -0.15) is 5.10 Å². The maximum atomic E-state index is 14.1. The van der Waals surface area contributed by atoms with Crippen molar-refractivity contribution in [3.8, 4) is 11.6 Å². The van der Waals surface area contributed by atoms with Crippen LogP contribution in [0.3, 0.4) is 0 Å². The molecule has 1 amide bonds. The molecule has 9 nitrogen and oxygen atoms in total. The van der Waals surface area contributed by atoms with Crippen LogP contribution in [-0.2, 0) is 6.42 Å². The highest BCUT2D eigenvalue weighted by atomic mass is 31.0. The predicted octanol–water partition coefficient (Wildman–Crippen LogP) is 3.27. The molecule has 35 heavy (non-hydrogen) atoms. The number of hydrogen-bond donors (Lipinski definition) is 1. The van der Waals surface area contributed by atoms with Crippen molar-refractivity contribution in [3.05, 3.63) is 83.7 Å². The van der Waals surface area contributed by atoms with Crippen LogP contribution < -0.4 is 5.30 Å². The number of aromatic nitrogens is 6. The summed E-state index contributed by atoms with van der Waals surface area (Å²) in [6.07, 6.45) is 7.98. The minimum absolute atomic E-state index is 0.191. The number of imidazole rings is 1. The monoisotopic (exact) mass is 483 g/mol. The molecule has 0 spiro atoms. The van der Waals surface area contributed by atoms with Crippen LogP contribution in [-0.4, -0.2) is 46.9 Å². The number of oxazole rings is 1. The molecule has 0 aromatic carbocycles. The van der Waals surface area contributed by atoms with Gasteiger partial charge in [0, 0.05) is 37.0 Å². The molecule has 2 atom stereocenters. The van der Waals surface area contributed by atoms with Gasteiger partial charge in [0.15, 0.2) is 0 Å². The third-order valence-corrected chi connectivity index (χ3v) is 7.20. The normalized spacial score (nSPS) is 17.6. The van der Waals surface area contributed by atoms with E-state index in [9.17, 15) is 4.79 Å². The smallest absolute Gasteiger partial charge is 0.292 e. The number of H-pyrrole nitrogens is 1. The van der Waals surface area contributed by atoms with Gasteiger partial charge in [-0.15, -0.1) is 9.24 Å². The Balaban J connectivity index is 1.34. The lowest BCUT2D eigenvalue weighted by molar-refractivity contribution is 0.0653. The minimum atomic E-state index is -0.433. The van der Waals surface area contributed by atoms with Crippen molar-refractivity contribution in [1.82, 2.24) is 34.4 Å². The van der Waals surface area contributed by atoms with Crippen molar-refractivity contribution in [2.75, 3.05) is 6.54 Å². The standard InChI is InChI=1S/C25H22N7O2P/c33-25(23-20(14-6-7-14)29-24(34-23)16-4-1-2-9-26-16)31-11-8-15-21(28-13-27-15)22(31)17-12-18-19(35)5-3-10-32(18)30-17/h1-5,9-10,12-14,22H,6-8,11,35H2,(H,27,28)/t22-/m0/s1. The van der Waals surface area contributed by atoms with Crippen molar-refractivity contribution in [3.63, 3.8) is 0 Å². The third kappa shape index (κ3) is 3.38. The van der Waals surface area contributed by atoms with Crippen LogP contribution in [0.15, 0.2) is 59.5 Å². The molecule has 5 aromatic rings. The van der Waals surface area contributed by atoms with Crippen molar-refractivity contribution in [2.24, 2.45) is 0 Å². The lowest BCUT2D eigenvalue weighted by atomic mass is 9.99. The van der Waals surface area contributed by atoms with Crippen LogP contribution >= 0.6 is 9.24 Å². The Morgan fingerprint density at radius 3 is 2.86 bits per heavy atom. The molecule has 1 N–H and O–H groups in total. The topological polar surface area (TPSA) is 105 Å². The zero-order chi connectivity index (χ0) is 23.5. The fourth-order valence-corrected chi connectivity index (χ4v) is 5.16. The van der Waals surface area contributed by atoms with E-state index in [-0.39, 0.29) is 11.8 Å². The summed E-state index contributed by atoms with van der Waals surface area (Å²) in [7, 11) is 2.74. The quantitative estimate of drug-likeness (QED) is 0.394. The number of nitrogens with one attached hydrogen (secondary N) is 1. The SMILES string of the molecule is O=C(c1oc(-c2ccccn2)nc1C1CC1)N1CCc2[nH]cnc2[C@@H]1c1cc2c(P)cccn2n1. The number of pyridine rings is 2. The summed E-state index contributed by atoms with van der Waals surface area (Å²) in [4.78, 5) is 32.8. The summed E-state index contributed by atoms with van der Waals surface area (Å²) in [6, 6.07) is 11.1. The number of nitrogens with zero attached hydrogens (tertiary/aromatic N) is 6. The number of carbonyl (C=O) groups is 1. The second-order valence-corrected chi connectivity index (χ2v) is 9.62. The molecule has 6 heterocycles. The fraction of sp³-hybridized carbons (Fsp3) is 0.240. The highest BCUT2D eigenvalue weighted by Crippen LogP contribution is 2.43. The summed E-state index contributed by atoms with van der Waals surface area (Å²) in [5.74, 6) is 0.732. The van der Waals surface area contributed by atoms with E-state index >= 15 is 0 Å². The number of rotatable bonds is 4. The van der Waals surface area contributed by atoms with Crippen molar-refractivity contribution >= 4 is 26.0 Å². The van der Waals surface area contributed by atoms with Gasteiger partial charge in [-0.25, -0.2) is 14.5 Å². The first kappa shape index (κ1) is 20.5. The lowest BCUT2D eigenvalue weighted by Crippen LogP contribution is -2.41. The van der Waals surface area contributed by atoms with E-state index in [4.69, 9.17) is 14.5 Å². The first-order valence-electron chi connectivity index (χ1n) is 11.7. The van der Waals surface area contributed by atoms with E-state index in [1.54, 1.807) is 12.5 Å². The molecule has 1 aliphatic heterocycles. The summed E-state index contributed by atoms with van der Waals surface area (Å²) < 4.78 is 7.96. The number of carbonyl (C=O) groups excluding carboxylic acids is 1. The minimum Gasteiger partial charge on any atom is -0.429 e. The largest absolute Gasteiger partial charge is 0.429 e. The van der Waals surface area contributed by atoms with Gasteiger partial charge in [0.2, 0.25) is 11.7 Å². The first-order chi connectivity index (χ1) is 17.2. The van der Waals surface area contributed by atoms with Crippen LogP contribution in [0.25, 0.3) is 17.1 Å². The molecule has 5 aromatic heterocycles. The maximum Gasteiger partial charge on any atom is 0.292 e. The van der Waals surface area contributed by atoms with Crippen molar-refractivity contribution < 1.29 is 9.21 Å². The zero-order valence-electron chi connectivity index (χ0n) is 18.8. The van der Waals surface area contributed by atoms with Gasteiger partial charge < -0.3 is 14.3 Å². The Morgan fingerprint density at radius 2 is 2.06 bits per heavy atom. The first-order valence-corrected chi connectivity index (χ1v) is 12.2. The molecule has 1 aliphatic carbocycles. The van der Waals surface area contributed by atoms with Gasteiger partial charge in [0.1, 0.15) is 11.7 Å². The lowest BCUT2D eigenvalue weighted by Gasteiger charge is -2.33. The van der Waals surface area contributed by atoms with Gasteiger partial charge in [0.05, 0.1) is 28.9 Å². The van der Waals surface area contributed by atoms with Crippen LogP contribution in [0.2, 0.25) is 0 Å². The summed E-state index contributed by atoms with van der Waals surface area (Å²) in [5, 5.41) is 5.86. The Hall–Kier alpha value is -3.84. The van der Waals surface area contributed by atoms with E-state index in [0.717, 1.165) is 46.4 Å². The Labute approximate surface area is 202 Å². The molecule has 0 saturated heterocycles. The molecule has 1 fully saturated rings. The third-order valence-electron chi connectivity index (χ3n) is 6.72. The molecule has 174 valence electrons. The number of fused-ring (bicyclic) bond motifs is 2. The Kier molecular flexibility index (Phi) is 4.60. The number of aromatic amines is 1. The molecule has 1 unspecified atom stereocenters. The zero-order valence-corrected chi connectivity index (χ0v) is 19.9. The highest BCUT2D eigenvalue weighted by Gasteiger charge is 2.41. The predicted molar refractivity (Wildman–Crippen MR) is 131 cm³/mol. The van der Waals surface area contributed by atoms with Crippen LogP contribution in [0.1, 0.15) is 58.1 Å². The Morgan fingerprint density at radius 1 is 1.14 bits per heavy atom. The van der Waals surface area contributed by atoms with Gasteiger partial charge >= 0.3 is 0 Å². The van der Waals surface area contributed by atoms with E-state index in [1.807, 2.05) is 52.0 Å². The van der Waals surface area contributed by atoms with Crippen molar-refractivity contribution in [2.45, 2.75) is 31.2 Å². The average Bonchev–Trinajstić information content (AvgIpc) is 3.28. The molecule has 2 aliphatic rings. The fourth-order valence-electron chi connectivity index (χ4n) is 4.83. The van der Waals surface area contributed by atoms with Crippen LogP contribution in [0.5, 0.6) is 0 Å². The second-order valence-electron chi connectivity index (χ2n) is 9.00. The molecular weight excluding hydrogens is 461 g/mol. The summed E-state index contributed by atoms with van der Waals surface area (Å²) >= 11 is 0. The molecule has 0 radical (unpaired) electrons. The maximum absolute atomic E-state index is 14.1. The second kappa shape index (κ2) is 7.85. The molecule has 0 bridgehead atoms. The van der Waals surface area contributed by atoms with Crippen LogP contribution in [0.4, 0.5) is 0 Å². The van der Waals surface area contributed by atoms with Gasteiger partial charge in [-0.1, -0.05) is 12.1 Å². The highest BCUT2D eigenvalue weighted by molar-refractivity contribution is 7.28. The summed E-state index contributed by atoms with van der Waals surface area (Å²) in [6.45, 7) is 0.518. The number of amides is 1. The van der Waals surface area contributed by atoms with Crippen LogP contribution in [0, 0.1) is 0 Å². The van der Waals surface area contributed by atoms with E-state index < -0.39 is 6.04 Å². The van der Waals surface area contributed by atoms with Gasteiger partial charge in [0.25, 0.3) is 5.91 Å². The molecule has 7 rings (SSSR count). The van der Waals surface area contributed by atoms with E-state index in [1.165, 1.54) is 0 Å². The molecule has 1 saturated carbocycles. The van der Waals surface area contributed by atoms with E-state index in [2.05, 4.69) is 24.2 Å². The molecular formula is C25H22N7O2P. The Bertz CT molecular complexity index is 1570. The van der Waals surface area contributed by atoms with Crippen molar-refractivity contribution in [1.29, 1.82) is 0 Å². The summed E-state index contributed by atoms with van der Waals surface area (Å²) in [5.41, 5.74) is 4.92. The molecule has 10 heteroatoms. The van der Waals surface area contributed by atoms with Gasteiger partial charge in [-0.3, -0.25) is 9.78 Å². The number of hydrogen-bond acceptors (Lipinski definition) is 6. The average molecular weight is 483 g/mol. The van der Waals surface area contributed by atoms with E-state index in [0.29, 0.717) is 30.3 Å². The van der Waals surface area contributed by atoms with Gasteiger partial charge in [-0.05, 0) is 42.4 Å².